The number of hydrogen-bond donors (Lipinski definition) is 3. The summed E-state index contributed by atoms with van der Waals surface area (Å²) in [5.41, 5.74) is -2.04. The van der Waals surface area contributed by atoms with E-state index >= 15 is 0 Å². The molecule has 4 aromatic rings. The molecule has 0 bridgehead atoms. The van der Waals surface area contributed by atoms with Crippen molar-refractivity contribution in [2.24, 2.45) is 0 Å². The van der Waals surface area contributed by atoms with E-state index in [0.717, 1.165) is 18.2 Å². The lowest BCUT2D eigenvalue weighted by Gasteiger charge is -2.45. The van der Waals surface area contributed by atoms with Crippen LogP contribution in [0.3, 0.4) is 0 Å². The number of aromatic nitrogens is 3. The third kappa shape index (κ3) is 3.65. The average molecular weight is 504 g/mol. The Kier molecular flexibility index (Phi) is 5.62. The number of fused-ring (bicyclic) bond motifs is 2. The molecule has 188 valence electrons. The Balaban J connectivity index is 1.66. The van der Waals surface area contributed by atoms with Gasteiger partial charge in [-0.25, -0.2) is 14.1 Å². The molecule has 0 radical (unpaired) electrons. The first kappa shape index (κ1) is 24.0. The fraction of sp³-hybridized carbons (Fsp3) is 0.280. The van der Waals surface area contributed by atoms with Crippen LogP contribution in [0.1, 0.15) is 42.9 Å². The molecule has 6 nitrogen and oxygen atoms in total. The van der Waals surface area contributed by atoms with Gasteiger partial charge in [0.1, 0.15) is 0 Å². The number of nitrogens with one attached hydrogen (secondary N) is 1. The van der Waals surface area contributed by atoms with E-state index in [4.69, 9.17) is 0 Å². The second-order valence-corrected chi connectivity index (χ2v) is 8.84. The largest absolute Gasteiger partial charge is 0.505 e. The molecule has 2 aromatic heterocycles. The average Bonchev–Trinajstić information content (AvgIpc) is 3.27. The summed E-state index contributed by atoms with van der Waals surface area (Å²) in [6.45, 7) is 1.61. The van der Waals surface area contributed by atoms with Crippen LogP contribution in [-0.2, 0) is 0 Å². The Morgan fingerprint density at radius 1 is 1.11 bits per heavy atom. The molecule has 0 saturated carbocycles. The Morgan fingerprint density at radius 2 is 1.89 bits per heavy atom. The molecule has 0 saturated heterocycles. The second-order valence-electron chi connectivity index (χ2n) is 8.84. The van der Waals surface area contributed by atoms with Crippen LogP contribution in [0.25, 0.3) is 16.6 Å². The van der Waals surface area contributed by atoms with Crippen molar-refractivity contribution in [3.63, 3.8) is 0 Å². The quantitative estimate of drug-likeness (QED) is 0.244. The monoisotopic (exact) mass is 504 g/mol. The third-order valence-corrected chi connectivity index (χ3v) is 6.81. The highest BCUT2D eigenvalue weighted by atomic mass is 19.4. The number of phenols is 1. The summed E-state index contributed by atoms with van der Waals surface area (Å²) in [6.07, 6.45) is -2.94. The molecule has 1 aliphatic carbocycles. The molecular weight excluding hydrogens is 483 g/mol. The lowest BCUT2D eigenvalue weighted by molar-refractivity contribution is -0.272. The lowest BCUT2D eigenvalue weighted by atomic mass is 9.69. The zero-order valence-electron chi connectivity index (χ0n) is 18.9. The van der Waals surface area contributed by atoms with Gasteiger partial charge in [0, 0.05) is 16.6 Å². The molecule has 1 aliphatic rings. The lowest BCUT2D eigenvalue weighted by Crippen LogP contribution is -2.55. The number of hydrogen-bond acceptors (Lipinski definition) is 5. The van der Waals surface area contributed by atoms with Gasteiger partial charge in [0.2, 0.25) is 5.95 Å². The van der Waals surface area contributed by atoms with Crippen LogP contribution in [0.5, 0.6) is 5.75 Å². The third-order valence-electron chi connectivity index (χ3n) is 6.81. The topological polar surface area (TPSA) is 83.2 Å². The van der Waals surface area contributed by atoms with Crippen molar-refractivity contribution in [1.82, 2.24) is 14.8 Å². The normalized spacial score (nSPS) is 22.0. The highest BCUT2D eigenvalue weighted by Crippen LogP contribution is 2.55. The summed E-state index contributed by atoms with van der Waals surface area (Å²) in [7, 11) is 0. The summed E-state index contributed by atoms with van der Waals surface area (Å²) in [6, 6.07) is 7.71. The van der Waals surface area contributed by atoms with Gasteiger partial charge in [-0.2, -0.15) is 22.7 Å². The SMILES string of the molecule is CC[C@@H]1C[C@](O)(C(F)(F)F)C(Nc2cccc3c2cnn3-c2ccc(F)nc2)c2ccc(F)c(O)c21. The van der Waals surface area contributed by atoms with Crippen LogP contribution in [0.4, 0.5) is 27.6 Å². The summed E-state index contributed by atoms with van der Waals surface area (Å²) in [5.74, 6) is -3.25. The smallest absolute Gasteiger partial charge is 0.419 e. The van der Waals surface area contributed by atoms with Gasteiger partial charge in [-0.15, -0.1) is 0 Å². The molecule has 0 fully saturated rings. The molecule has 11 heteroatoms. The molecular formula is C25H21F5N4O2. The van der Waals surface area contributed by atoms with E-state index in [2.05, 4.69) is 15.4 Å². The minimum absolute atomic E-state index is 0.0426. The number of phenolic OH excluding ortho intramolecular Hbond substituents is 1. The molecule has 36 heavy (non-hydrogen) atoms. The molecule has 3 atom stereocenters. The molecule has 1 unspecified atom stereocenters. The van der Waals surface area contributed by atoms with Gasteiger partial charge in [-0.1, -0.05) is 19.1 Å². The first-order valence-electron chi connectivity index (χ1n) is 11.2. The highest BCUT2D eigenvalue weighted by molar-refractivity contribution is 5.92. The van der Waals surface area contributed by atoms with Gasteiger partial charge in [0.25, 0.3) is 0 Å². The number of halogens is 5. The van der Waals surface area contributed by atoms with Crippen molar-refractivity contribution in [2.75, 3.05) is 5.32 Å². The van der Waals surface area contributed by atoms with Crippen molar-refractivity contribution < 1.29 is 32.2 Å². The van der Waals surface area contributed by atoms with E-state index < -0.39 is 47.7 Å². The number of alkyl halides is 3. The first-order valence-corrected chi connectivity index (χ1v) is 11.2. The van der Waals surface area contributed by atoms with Crippen molar-refractivity contribution in [2.45, 2.75) is 43.5 Å². The van der Waals surface area contributed by atoms with Crippen LogP contribution in [0.15, 0.2) is 54.9 Å². The van der Waals surface area contributed by atoms with E-state index in [1.54, 1.807) is 19.1 Å². The van der Waals surface area contributed by atoms with E-state index in [1.807, 2.05) is 0 Å². The Bertz CT molecular complexity index is 1440. The van der Waals surface area contributed by atoms with Crippen molar-refractivity contribution in [3.8, 4) is 11.4 Å². The van der Waals surface area contributed by atoms with Crippen LogP contribution in [0.2, 0.25) is 0 Å². The predicted octanol–water partition coefficient (Wildman–Crippen LogP) is 5.75. The molecule has 0 aliphatic heterocycles. The van der Waals surface area contributed by atoms with Crippen molar-refractivity contribution >= 4 is 16.6 Å². The number of rotatable bonds is 4. The molecule has 2 heterocycles. The molecule has 0 spiro atoms. The Morgan fingerprint density at radius 3 is 2.56 bits per heavy atom. The Labute approximate surface area is 202 Å². The van der Waals surface area contributed by atoms with Crippen LogP contribution in [-0.4, -0.2) is 36.8 Å². The zero-order chi connectivity index (χ0) is 25.8. The number of aromatic hydroxyl groups is 1. The van der Waals surface area contributed by atoms with Gasteiger partial charge < -0.3 is 15.5 Å². The summed E-state index contributed by atoms with van der Waals surface area (Å²) >= 11 is 0. The second kappa shape index (κ2) is 8.44. The zero-order valence-corrected chi connectivity index (χ0v) is 18.9. The van der Waals surface area contributed by atoms with Crippen molar-refractivity contribution in [3.05, 3.63) is 77.8 Å². The molecule has 5 rings (SSSR count). The highest BCUT2D eigenvalue weighted by Gasteiger charge is 2.62. The summed E-state index contributed by atoms with van der Waals surface area (Å²) in [5, 5.41) is 29.0. The number of pyridine rings is 1. The van der Waals surface area contributed by atoms with Crippen molar-refractivity contribution in [1.29, 1.82) is 0 Å². The van der Waals surface area contributed by atoms with Crippen LogP contribution in [0, 0.1) is 11.8 Å². The van der Waals surface area contributed by atoms with E-state index in [-0.39, 0.29) is 23.2 Å². The van der Waals surface area contributed by atoms with Gasteiger partial charge in [-0.3, -0.25) is 0 Å². The van der Waals surface area contributed by atoms with E-state index in [1.165, 1.54) is 29.2 Å². The van der Waals surface area contributed by atoms with Crippen LogP contribution < -0.4 is 5.32 Å². The minimum Gasteiger partial charge on any atom is -0.505 e. The summed E-state index contributed by atoms with van der Waals surface area (Å²) in [4.78, 5) is 3.60. The molecule has 2 aromatic carbocycles. The molecule has 3 N–H and O–H groups in total. The number of nitrogens with zero attached hydrogens (tertiary/aromatic N) is 3. The van der Waals surface area contributed by atoms with Crippen LogP contribution >= 0.6 is 0 Å². The maximum absolute atomic E-state index is 14.4. The van der Waals surface area contributed by atoms with Gasteiger partial charge in [0.05, 0.1) is 29.6 Å². The predicted molar refractivity (Wildman–Crippen MR) is 122 cm³/mol. The van der Waals surface area contributed by atoms with Gasteiger partial charge in [-0.05, 0) is 54.7 Å². The first-order chi connectivity index (χ1) is 17.0. The maximum atomic E-state index is 14.4. The molecule has 0 amide bonds. The fourth-order valence-electron chi connectivity index (χ4n) is 4.99. The standard InChI is InChI=1S/C25H21F5N4O2/c1-2-13-10-24(36,25(28,29)30)23(15-7-8-17(26)22(35)21(13)15)33-18-4-3-5-19-16(18)12-32-34(19)14-6-9-20(27)31-11-14/h3-9,11-13,23,33,35-36H,2,10H2,1H3/t13-,23?,24-/m1/s1. The van der Waals surface area contributed by atoms with Gasteiger partial charge in [0.15, 0.2) is 17.2 Å². The minimum atomic E-state index is -5.03. The summed E-state index contributed by atoms with van der Waals surface area (Å²) < 4.78 is 72.0. The Hall–Kier alpha value is -3.73. The number of benzene rings is 2. The maximum Gasteiger partial charge on any atom is 0.419 e. The number of anilines is 1. The van der Waals surface area contributed by atoms with E-state index in [9.17, 15) is 32.2 Å². The van der Waals surface area contributed by atoms with E-state index in [0.29, 0.717) is 16.6 Å². The fourth-order valence-corrected chi connectivity index (χ4v) is 4.99. The van der Waals surface area contributed by atoms with Gasteiger partial charge >= 0.3 is 6.18 Å². The number of aliphatic hydroxyl groups is 1.